The molecule has 1 N–H and O–H groups in total. The molecule has 2 saturated heterocycles. The van der Waals surface area contributed by atoms with Gasteiger partial charge in [0, 0.05) is 64.5 Å². The van der Waals surface area contributed by atoms with E-state index < -0.39 is 5.60 Å². The molecule has 36 heavy (non-hydrogen) atoms. The van der Waals surface area contributed by atoms with E-state index in [0.717, 1.165) is 37.8 Å². The molecular weight excluding hydrogens is 484 g/mol. The molecule has 0 saturated carbocycles. The van der Waals surface area contributed by atoms with Gasteiger partial charge in [0.05, 0.1) is 14.1 Å². The van der Waals surface area contributed by atoms with Crippen LogP contribution in [0.1, 0.15) is 20.8 Å². The normalized spacial score (nSPS) is 15.7. The van der Waals surface area contributed by atoms with Crippen molar-refractivity contribution in [2.24, 2.45) is 14.1 Å². The fraction of sp³-hybridized carbons (Fsp3) is 0.609. The number of rotatable bonds is 2. The van der Waals surface area contributed by atoms with E-state index in [0.29, 0.717) is 37.8 Å². The summed E-state index contributed by atoms with van der Waals surface area (Å²) in [7, 11) is 3.56. The molecule has 196 valence electrons. The fourth-order valence-corrected chi connectivity index (χ4v) is 3.74. The summed E-state index contributed by atoms with van der Waals surface area (Å²) in [5.41, 5.74) is -0.472. The molecule has 12 nitrogen and oxygen atoms in total. The van der Waals surface area contributed by atoms with Crippen LogP contribution in [0.25, 0.3) is 9.69 Å². The van der Waals surface area contributed by atoms with Gasteiger partial charge in [-0.05, 0) is 20.8 Å². The highest BCUT2D eigenvalue weighted by Crippen LogP contribution is 2.22. The Morgan fingerprint density at radius 3 is 1.72 bits per heavy atom. The van der Waals surface area contributed by atoms with Crippen LogP contribution in [0.15, 0.2) is 12.1 Å². The van der Waals surface area contributed by atoms with E-state index in [2.05, 4.69) is 35.0 Å². The zero-order chi connectivity index (χ0) is 25.6. The molecule has 2 aliphatic heterocycles. The summed E-state index contributed by atoms with van der Waals surface area (Å²) in [6, 6.07) is 3.62. The number of ether oxygens (including phenoxy) is 1. The Bertz CT molecular complexity index is 1090. The summed E-state index contributed by atoms with van der Waals surface area (Å²) in [4.78, 5) is 24.8. The average Bonchev–Trinajstić information content (AvgIpc) is 3.41. The zero-order valence-electron chi connectivity index (χ0n) is 21.6. The minimum absolute atomic E-state index is 0. The topological polar surface area (TPSA) is 92.4 Å². The third-order valence-corrected chi connectivity index (χ3v) is 5.61. The maximum Gasteiger partial charge on any atom is 0.410 e. The number of hydrogen-bond acceptors (Lipinski definition) is 7. The number of carbonyl (C=O) groups is 1. The summed E-state index contributed by atoms with van der Waals surface area (Å²) in [5, 5.41) is 11.9. The second-order valence-corrected chi connectivity index (χ2v) is 9.38. The third kappa shape index (κ3) is 7.51. The summed E-state index contributed by atoms with van der Waals surface area (Å²) in [5.74, 6) is 2.81. The highest BCUT2D eigenvalue weighted by atomic mass is 35.5. The van der Waals surface area contributed by atoms with Crippen LogP contribution in [0, 0.1) is 13.1 Å². The van der Waals surface area contributed by atoms with Gasteiger partial charge in [0.25, 0.3) is 11.6 Å². The number of anilines is 2. The maximum absolute atomic E-state index is 12.0. The lowest BCUT2D eigenvalue weighted by Crippen LogP contribution is -2.50. The number of aryl methyl sites for hydroxylation is 2. The summed E-state index contributed by atoms with van der Waals surface area (Å²) < 4.78 is 8.57. The Balaban J connectivity index is 0.000000265. The van der Waals surface area contributed by atoms with Gasteiger partial charge in [0.2, 0.25) is 0 Å². The molecule has 0 spiro atoms. The minimum atomic E-state index is -0.472. The molecule has 0 aliphatic carbocycles. The zero-order valence-corrected chi connectivity index (χ0v) is 22.4. The smallest absolute Gasteiger partial charge is 0.410 e. The van der Waals surface area contributed by atoms with Crippen LogP contribution < -0.4 is 15.1 Å². The predicted octanol–water partition coefficient (Wildman–Crippen LogP) is 2.83. The molecule has 0 radical (unpaired) electrons. The quantitative estimate of drug-likeness (QED) is 0.611. The van der Waals surface area contributed by atoms with E-state index in [-0.39, 0.29) is 18.5 Å². The van der Waals surface area contributed by atoms with Crippen molar-refractivity contribution in [2.45, 2.75) is 26.4 Å². The monoisotopic (exact) mass is 518 g/mol. The molecule has 2 fully saturated rings. The van der Waals surface area contributed by atoms with Crippen molar-refractivity contribution in [1.29, 1.82) is 0 Å². The van der Waals surface area contributed by atoms with Crippen LogP contribution in [0.3, 0.4) is 0 Å². The van der Waals surface area contributed by atoms with Crippen molar-refractivity contribution >= 4 is 41.8 Å². The molecule has 4 heterocycles. The highest BCUT2D eigenvalue weighted by molar-refractivity contribution is 5.85. The lowest BCUT2D eigenvalue weighted by atomic mass is 10.2. The molecule has 2 aromatic heterocycles. The van der Waals surface area contributed by atoms with Crippen LogP contribution in [-0.2, 0) is 18.8 Å². The molecule has 2 aliphatic rings. The first-order valence-electron chi connectivity index (χ1n) is 11.6. The summed E-state index contributed by atoms with van der Waals surface area (Å²) in [6.07, 6.45) is -0.273. The first-order chi connectivity index (χ1) is 16.6. The molecule has 0 bridgehead atoms. The van der Waals surface area contributed by atoms with Gasteiger partial charge in [0.1, 0.15) is 5.60 Å². The first-order valence-corrected chi connectivity index (χ1v) is 11.6. The van der Waals surface area contributed by atoms with E-state index in [1.807, 2.05) is 26.8 Å². The number of nitrogens with one attached hydrogen (secondary N) is 1. The van der Waals surface area contributed by atoms with Crippen molar-refractivity contribution in [3.63, 3.8) is 0 Å². The number of hydrogen-bond donors (Lipinski definition) is 1. The SMILES string of the molecule is Cl.[C-]#[N+]c1cc(N2CCN(C(=O)OC(C)(C)C)CC2)nn1C.[C-]#[N+]c1cc(N2CCNCC2)nn1C. The van der Waals surface area contributed by atoms with Gasteiger partial charge < -0.3 is 34.4 Å². The number of amides is 1. The number of carbonyl (C=O) groups excluding carboxylic acids is 1. The van der Waals surface area contributed by atoms with Crippen LogP contribution in [0.2, 0.25) is 0 Å². The second kappa shape index (κ2) is 12.5. The molecule has 13 heteroatoms. The predicted molar refractivity (Wildman–Crippen MR) is 141 cm³/mol. The van der Waals surface area contributed by atoms with E-state index in [1.54, 1.807) is 34.4 Å². The molecule has 0 unspecified atom stereocenters. The van der Waals surface area contributed by atoms with Gasteiger partial charge in [0.15, 0.2) is 11.6 Å². The molecule has 0 aromatic carbocycles. The Hall–Kier alpha value is -3.48. The molecule has 2 aromatic rings. The van der Waals surface area contributed by atoms with Crippen molar-refractivity contribution in [3.05, 3.63) is 35.0 Å². The summed E-state index contributed by atoms with van der Waals surface area (Å²) in [6.45, 7) is 26.1. The fourth-order valence-electron chi connectivity index (χ4n) is 3.74. The van der Waals surface area contributed by atoms with E-state index >= 15 is 0 Å². The Kier molecular flexibility index (Phi) is 9.96. The standard InChI is InChI=1S/C14H21N5O2.C9H13N5.ClH/c1-14(2,3)21-13(20)19-8-6-18(7-9-19)12-10-11(15-4)17(5)16-12;1-10-8-7-9(12-13(8)2)14-5-3-11-4-6-14;/h10H,6-9H2,1-3,5H3;7,11H,3-6H2,2H3;1H. The van der Waals surface area contributed by atoms with Gasteiger partial charge in [-0.2, -0.15) is 9.36 Å². The lowest BCUT2D eigenvalue weighted by Gasteiger charge is -2.35. The largest absolute Gasteiger partial charge is 0.444 e. The number of piperazine rings is 2. The second-order valence-electron chi connectivity index (χ2n) is 9.38. The Morgan fingerprint density at radius 1 is 0.889 bits per heavy atom. The maximum atomic E-state index is 12.0. The third-order valence-electron chi connectivity index (χ3n) is 5.61. The van der Waals surface area contributed by atoms with Crippen LogP contribution in [0.5, 0.6) is 0 Å². The average molecular weight is 519 g/mol. The van der Waals surface area contributed by atoms with Crippen LogP contribution in [0.4, 0.5) is 28.1 Å². The molecule has 4 rings (SSSR count). The number of aromatic nitrogens is 4. The summed E-state index contributed by atoms with van der Waals surface area (Å²) >= 11 is 0. The first kappa shape index (κ1) is 28.8. The van der Waals surface area contributed by atoms with Gasteiger partial charge in [-0.3, -0.25) is 0 Å². The Labute approximate surface area is 218 Å². The van der Waals surface area contributed by atoms with Gasteiger partial charge >= 0.3 is 6.09 Å². The highest BCUT2D eigenvalue weighted by Gasteiger charge is 2.27. The van der Waals surface area contributed by atoms with Crippen molar-refractivity contribution in [3.8, 4) is 0 Å². The Morgan fingerprint density at radius 2 is 1.33 bits per heavy atom. The molecule has 1 amide bonds. The van der Waals surface area contributed by atoms with Crippen molar-refractivity contribution in [1.82, 2.24) is 29.8 Å². The van der Waals surface area contributed by atoms with Gasteiger partial charge in [-0.15, -0.1) is 12.4 Å². The van der Waals surface area contributed by atoms with Gasteiger partial charge in [-0.25, -0.2) is 4.79 Å². The van der Waals surface area contributed by atoms with E-state index in [4.69, 9.17) is 17.9 Å². The van der Waals surface area contributed by atoms with Crippen LogP contribution >= 0.6 is 12.4 Å². The minimum Gasteiger partial charge on any atom is -0.444 e. The van der Waals surface area contributed by atoms with E-state index in [9.17, 15) is 4.79 Å². The van der Waals surface area contributed by atoms with Crippen LogP contribution in [-0.4, -0.2) is 88.5 Å². The molecule has 0 atom stereocenters. The lowest BCUT2D eigenvalue weighted by molar-refractivity contribution is 0.0240. The number of halogens is 1. The number of nitrogens with zero attached hydrogens (tertiary/aromatic N) is 9. The molecular formula is C23H35ClN10O2. The van der Waals surface area contributed by atoms with E-state index in [1.165, 1.54) is 0 Å². The van der Waals surface area contributed by atoms with Gasteiger partial charge in [-0.1, -0.05) is 23.3 Å². The van der Waals surface area contributed by atoms with Crippen molar-refractivity contribution in [2.75, 3.05) is 62.2 Å². The van der Waals surface area contributed by atoms with Crippen molar-refractivity contribution < 1.29 is 9.53 Å².